The third kappa shape index (κ3) is 3.51. The number of likely N-dealkylation sites (tertiary alicyclic amines) is 1. The van der Waals surface area contributed by atoms with Gasteiger partial charge in [0.05, 0.1) is 10.6 Å². The van der Waals surface area contributed by atoms with E-state index in [0.29, 0.717) is 29.0 Å². The summed E-state index contributed by atoms with van der Waals surface area (Å²) in [6, 6.07) is 3.85. The number of carbonyl (C=O) groups excluding carboxylic acids is 1. The lowest BCUT2D eigenvalue weighted by atomic mass is 9.64. The highest BCUT2D eigenvalue weighted by molar-refractivity contribution is 8.22. The van der Waals surface area contributed by atoms with Crippen LogP contribution in [0, 0.1) is 11.8 Å². The first-order valence-corrected chi connectivity index (χ1v) is 12.5. The molecule has 28 heavy (non-hydrogen) atoms. The predicted molar refractivity (Wildman–Crippen MR) is 113 cm³/mol. The van der Waals surface area contributed by atoms with Crippen LogP contribution in [0.5, 0.6) is 0 Å². The first-order chi connectivity index (χ1) is 13.4. The van der Waals surface area contributed by atoms with Crippen molar-refractivity contribution in [3.63, 3.8) is 0 Å². The average molecular weight is 430 g/mol. The van der Waals surface area contributed by atoms with E-state index in [0.717, 1.165) is 50.3 Å². The van der Waals surface area contributed by atoms with Gasteiger partial charge in [0.2, 0.25) is 0 Å². The maximum atomic E-state index is 11.6. The Kier molecular flexibility index (Phi) is 5.78. The Morgan fingerprint density at radius 3 is 2.54 bits per heavy atom. The van der Waals surface area contributed by atoms with Gasteiger partial charge < -0.3 is 15.4 Å². The topological polar surface area (TPSA) is 99.3 Å². The van der Waals surface area contributed by atoms with E-state index in [2.05, 4.69) is 4.90 Å². The molecule has 1 saturated carbocycles. The quantitative estimate of drug-likeness (QED) is 0.643. The number of amides is 1. The summed E-state index contributed by atoms with van der Waals surface area (Å²) in [5.74, 6) is 0.854. The monoisotopic (exact) mass is 429 g/mol. The van der Waals surface area contributed by atoms with Crippen LogP contribution >= 0.6 is 22.1 Å². The number of ether oxygens (including phenoxy) is 1. The summed E-state index contributed by atoms with van der Waals surface area (Å²) in [7, 11) is -0.747. The second-order valence-corrected chi connectivity index (χ2v) is 11.5. The molecule has 0 aromatic carbocycles. The van der Waals surface area contributed by atoms with Gasteiger partial charge in [-0.3, -0.25) is 13.9 Å². The van der Waals surface area contributed by atoms with Crippen molar-refractivity contribution in [2.24, 2.45) is 17.6 Å². The Morgan fingerprint density at radius 1 is 1.29 bits per heavy atom. The van der Waals surface area contributed by atoms with Crippen molar-refractivity contribution in [3.8, 4) is 0 Å². The van der Waals surface area contributed by atoms with Gasteiger partial charge in [0.15, 0.2) is 0 Å². The van der Waals surface area contributed by atoms with Gasteiger partial charge in [-0.1, -0.05) is 6.42 Å². The van der Waals surface area contributed by atoms with E-state index < -0.39 is 10.8 Å². The lowest BCUT2D eigenvalue weighted by Crippen LogP contribution is -2.59. The van der Waals surface area contributed by atoms with Gasteiger partial charge in [0, 0.05) is 56.5 Å². The molecule has 9 heteroatoms. The standard InChI is InChI=1S/C19H31N3O4S2/c1-26-19(17-7-6-16(27-17)18(20)23)14-4-2-5-15(19)13-21(12-14)9-10-22-8-3-11-28(22,24)25/h6-7,14-15,24-25H,2-5,8-13H2,1H3,(H2,20,23)/t14-,15+,19?. The molecule has 3 fully saturated rings. The van der Waals surface area contributed by atoms with E-state index in [-0.39, 0.29) is 11.5 Å². The molecule has 4 N–H and O–H groups in total. The van der Waals surface area contributed by atoms with Crippen LogP contribution in [0.4, 0.5) is 0 Å². The van der Waals surface area contributed by atoms with Gasteiger partial charge in [-0.05, 0) is 31.4 Å². The Bertz CT molecular complexity index is 712. The molecular weight excluding hydrogens is 398 g/mol. The van der Waals surface area contributed by atoms with Gasteiger partial charge in [0.1, 0.15) is 5.60 Å². The molecule has 1 aromatic rings. The summed E-state index contributed by atoms with van der Waals surface area (Å²) in [5.41, 5.74) is 5.14. The molecule has 3 atom stereocenters. The van der Waals surface area contributed by atoms with Crippen molar-refractivity contribution >= 4 is 28.0 Å². The van der Waals surface area contributed by atoms with Gasteiger partial charge in [-0.2, -0.15) is 0 Å². The lowest BCUT2D eigenvalue weighted by Gasteiger charge is -2.55. The minimum atomic E-state index is -2.54. The number of nitrogens with zero attached hydrogens (tertiary/aromatic N) is 2. The number of fused-ring (bicyclic) bond motifs is 2. The minimum Gasteiger partial charge on any atom is -0.372 e. The highest BCUT2D eigenvalue weighted by atomic mass is 32.3. The molecular formula is C19H31N3O4S2. The number of carbonyl (C=O) groups is 1. The summed E-state index contributed by atoms with van der Waals surface area (Å²) in [6.45, 7) is 4.19. The summed E-state index contributed by atoms with van der Waals surface area (Å²) < 4.78 is 28.4. The van der Waals surface area contributed by atoms with Crippen LogP contribution in [0.2, 0.25) is 0 Å². The Morgan fingerprint density at radius 2 is 2.00 bits per heavy atom. The molecule has 0 radical (unpaired) electrons. The fraction of sp³-hybridized carbons (Fsp3) is 0.737. The summed E-state index contributed by atoms with van der Waals surface area (Å²) >= 11 is 1.47. The van der Waals surface area contributed by atoms with E-state index in [1.807, 2.05) is 16.4 Å². The summed E-state index contributed by atoms with van der Waals surface area (Å²) in [5, 5.41) is 0. The van der Waals surface area contributed by atoms with Crippen LogP contribution in [0.15, 0.2) is 12.1 Å². The molecule has 1 amide bonds. The number of piperidine rings is 1. The van der Waals surface area contributed by atoms with Crippen molar-refractivity contribution in [2.45, 2.75) is 31.3 Å². The second kappa shape index (κ2) is 7.86. The van der Waals surface area contributed by atoms with Crippen molar-refractivity contribution in [1.82, 2.24) is 9.21 Å². The van der Waals surface area contributed by atoms with Crippen molar-refractivity contribution in [1.29, 1.82) is 0 Å². The first-order valence-electron chi connectivity index (χ1n) is 10.1. The molecule has 4 rings (SSSR count). The largest absolute Gasteiger partial charge is 0.372 e. The highest BCUT2D eigenvalue weighted by Gasteiger charge is 2.54. The first kappa shape index (κ1) is 20.6. The molecule has 1 aliphatic carbocycles. The molecule has 158 valence electrons. The zero-order valence-corrected chi connectivity index (χ0v) is 18.0. The highest BCUT2D eigenvalue weighted by Crippen LogP contribution is 2.53. The van der Waals surface area contributed by atoms with Crippen LogP contribution < -0.4 is 5.73 Å². The van der Waals surface area contributed by atoms with Crippen molar-refractivity contribution in [2.75, 3.05) is 45.6 Å². The van der Waals surface area contributed by atoms with Crippen LogP contribution in [0.25, 0.3) is 0 Å². The number of primary amides is 1. The van der Waals surface area contributed by atoms with Crippen LogP contribution in [0.3, 0.4) is 0 Å². The Balaban J connectivity index is 1.50. The minimum absolute atomic E-state index is 0.344. The normalized spacial score (nSPS) is 34.4. The SMILES string of the molecule is COC1(c2ccc(C(N)=O)s2)[C@@H]2CCC[C@H]1CN(CCN1CCCS1(O)O)C2. The lowest BCUT2D eigenvalue weighted by molar-refractivity contribution is -0.166. The van der Waals surface area contributed by atoms with Gasteiger partial charge in [0.25, 0.3) is 5.91 Å². The molecule has 0 spiro atoms. The fourth-order valence-corrected chi connectivity index (χ4v) is 8.20. The molecule has 2 aliphatic heterocycles. The van der Waals surface area contributed by atoms with Crippen LogP contribution in [-0.4, -0.2) is 69.8 Å². The van der Waals surface area contributed by atoms with E-state index in [4.69, 9.17) is 10.5 Å². The number of thiophene rings is 1. The molecule has 1 unspecified atom stereocenters. The van der Waals surface area contributed by atoms with E-state index in [9.17, 15) is 13.9 Å². The van der Waals surface area contributed by atoms with E-state index in [1.54, 1.807) is 7.11 Å². The van der Waals surface area contributed by atoms with E-state index >= 15 is 0 Å². The maximum absolute atomic E-state index is 11.6. The zero-order chi connectivity index (χ0) is 19.9. The summed E-state index contributed by atoms with van der Waals surface area (Å²) in [6.07, 6.45) is 4.27. The van der Waals surface area contributed by atoms with Crippen molar-refractivity contribution in [3.05, 3.63) is 21.9 Å². The fourth-order valence-electron chi connectivity index (χ4n) is 5.44. The zero-order valence-electron chi connectivity index (χ0n) is 16.4. The van der Waals surface area contributed by atoms with E-state index in [1.165, 1.54) is 17.8 Å². The van der Waals surface area contributed by atoms with Gasteiger partial charge in [-0.25, -0.2) is 4.31 Å². The third-order valence-corrected chi connectivity index (χ3v) is 10.0. The number of rotatable bonds is 6. The van der Waals surface area contributed by atoms with Gasteiger partial charge >= 0.3 is 0 Å². The number of hydrogen-bond acceptors (Lipinski definition) is 7. The van der Waals surface area contributed by atoms with Crippen molar-refractivity contribution < 1.29 is 18.6 Å². The predicted octanol–water partition coefficient (Wildman–Crippen LogP) is 2.79. The van der Waals surface area contributed by atoms with Crippen LogP contribution in [0.1, 0.15) is 40.2 Å². The smallest absolute Gasteiger partial charge is 0.258 e. The third-order valence-electron chi connectivity index (χ3n) is 6.75. The number of nitrogens with two attached hydrogens (primary N) is 1. The average Bonchev–Trinajstić information content (AvgIpc) is 3.26. The molecule has 3 heterocycles. The molecule has 2 saturated heterocycles. The molecule has 1 aromatic heterocycles. The number of hydrogen-bond donors (Lipinski definition) is 3. The summed E-state index contributed by atoms with van der Waals surface area (Å²) in [4.78, 5) is 15.8. The molecule has 3 aliphatic rings. The molecule has 7 nitrogen and oxygen atoms in total. The Hall–Kier alpha value is -0.680. The van der Waals surface area contributed by atoms with Crippen LogP contribution in [-0.2, 0) is 10.3 Å². The number of methoxy groups -OCH3 is 1. The Labute approximate surface area is 172 Å². The second-order valence-electron chi connectivity index (χ2n) is 8.23. The molecule has 2 bridgehead atoms. The van der Waals surface area contributed by atoms with Gasteiger partial charge in [-0.15, -0.1) is 22.1 Å². The maximum Gasteiger partial charge on any atom is 0.258 e.